The summed E-state index contributed by atoms with van der Waals surface area (Å²) in [6.07, 6.45) is 1.18. The summed E-state index contributed by atoms with van der Waals surface area (Å²) in [5.74, 6) is 1.18. The Bertz CT molecular complexity index is 1500. The molecule has 0 aliphatic rings. The van der Waals surface area contributed by atoms with Crippen LogP contribution < -0.4 is 15.6 Å². The molecule has 3 aromatic carbocycles. The Morgan fingerprint density at radius 3 is 2.46 bits per heavy atom. The van der Waals surface area contributed by atoms with Crippen LogP contribution in [0.25, 0.3) is 16.6 Å². The van der Waals surface area contributed by atoms with Crippen molar-refractivity contribution in [3.05, 3.63) is 94.0 Å². The number of aryl methyl sites for hydroxylation is 1. The van der Waals surface area contributed by atoms with E-state index in [2.05, 4.69) is 5.32 Å². The molecular formula is C31H36N4O4. The number of amides is 2. The largest absolute Gasteiger partial charge is 0.497 e. The molecule has 204 valence electrons. The quantitative estimate of drug-likeness (QED) is 0.254. The van der Waals surface area contributed by atoms with Crippen LogP contribution in [-0.2, 0) is 4.74 Å². The Morgan fingerprint density at radius 1 is 1.03 bits per heavy atom. The van der Waals surface area contributed by atoms with Crippen molar-refractivity contribution in [1.82, 2.24) is 14.5 Å². The first-order valence-electron chi connectivity index (χ1n) is 13.2. The van der Waals surface area contributed by atoms with E-state index < -0.39 is 6.04 Å². The maximum atomic E-state index is 13.9. The molecule has 2 amide bonds. The van der Waals surface area contributed by atoms with Gasteiger partial charge in [0.1, 0.15) is 11.6 Å². The molecule has 8 nitrogen and oxygen atoms in total. The number of anilines is 1. The molecule has 4 aromatic rings. The minimum atomic E-state index is -0.480. The first-order valence-corrected chi connectivity index (χ1v) is 13.2. The maximum absolute atomic E-state index is 13.9. The lowest BCUT2D eigenvalue weighted by atomic mass is 10.1. The van der Waals surface area contributed by atoms with Crippen LogP contribution in [0.1, 0.15) is 42.8 Å². The highest BCUT2D eigenvalue weighted by Gasteiger charge is 2.29. The molecule has 0 saturated heterocycles. The molecule has 0 fully saturated rings. The first kappa shape index (κ1) is 27.9. The molecule has 1 unspecified atom stereocenters. The second kappa shape index (κ2) is 12.6. The van der Waals surface area contributed by atoms with E-state index in [0.717, 1.165) is 16.8 Å². The van der Waals surface area contributed by atoms with Crippen molar-refractivity contribution < 1.29 is 14.3 Å². The van der Waals surface area contributed by atoms with Crippen molar-refractivity contribution in [2.24, 2.45) is 0 Å². The van der Waals surface area contributed by atoms with Gasteiger partial charge in [-0.1, -0.05) is 31.2 Å². The molecule has 1 heterocycles. The number of carbonyl (C=O) groups excluding carboxylic acids is 1. The van der Waals surface area contributed by atoms with Crippen molar-refractivity contribution in [2.45, 2.75) is 39.7 Å². The highest BCUT2D eigenvalue weighted by Crippen LogP contribution is 2.28. The van der Waals surface area contributed by atoms with Crippen molar-refractivity contribution in [2.75, 3.05) is 32.7 Å². The van der Waals surface area contributed by atoms with Crippen LogP contribution in [0, 0.1) is 13.8 Å². The summed E-state index contributed by atoms with van der Waals surface area (Å²) < 4.78 is 12.2. The Labute approximate surface area is 229 Å². The Balaban J connectivity index is 1.86. The molecule has 0 radical (unpaired) electrons. The number of hydrogen-bond donors (Lipinski definition) is 1. The average molecular weight is 529 g/mol. The smallest absolute Gasteiger partial charge is 0.322 e. The molecule has 0 aliphatic carbocycles. The second-order valence-electron chi connectivity index (χ2n) is 9.47. The van der Waals surface area contributed by atoms with Crippen LogP contribution in [0.3, 0.4) is 0 Å². The third kappa shape index (κ3) is 5.96. The van der Waals surface area contributed by atoms with Crippen molar-refractivity contribution >= 4 is 22.6 Å². The molecular weight excluding hydrogens is 492 g/mol. The van der Waals surface area contributed by atoms with Gasteiger partial charge in [-0.3, -0.25) is 9.36 Å². The lowest BCUT2D eigenvalue weighted by Gasteiger charge is -2.32. The molecule has 0 aliphatic heterocycles. The van der Waals surface area contributed by atoms with Gasteiger partial charge in [-0.05, 0) is 80.3 Å². The van der Waals surface area contributed by atoms with Crippen molar-refractivity contribution in [3.8, 4) is 11.4 Å². The van der Waals surface area contributed by atoms with Gasteiger partial charge in [0.05, 0.1) is 29.7 Å². The van der Waals surface area contributed by atoms with Gasteiger partial charge in [0, 0.05) is 25.9 Å². The van der Waals surface area contributed by atoms with E-state index in [4.69, 9.17) is 14.5 Å². The third-order valence-corrected chi connectivity index (χ3v) is 7.05. The molecule has 8 heteroatoms. The van der Waals surface area contributed by atoms with E-state index in [1.807, 2.05) is 81.4 Å². The van der Waals surface area contributed by atoms with Gasteiger partial charge in [-0.2, -0.15) is 0 Å². The zero-order valence-corrected chi connectivity index (χ0v) is 23.2. The van der Waals surface area contributed by atoms with Crippen LogP contribution in [0.2, 0.25) is 0 Å². The van der Waals surface area contributed by atoms with E-state index in [1.54, 1.807) is 29.8 Å². The van der Waals surface area contributed by atoms with Crippen LogP contribution in [0.4, 0.5) is 10.5 Å². The summed E-state index contributed by atoms with van der Waals surface area (Å²) in [5, 5.41) is 3.61. The average Bonchev–Trinajstić information content (AvgIpc) is 2.95. The molecule has 4 rings (SSSR count). The number of rotatable bonds is 10. The lowest BCUT2D eigenvalue weighted by molar-refractivity contribution is 0.153. The topological polar surface area (TPSA) is 85.7 Å². The van der Waals surface area contributed by atoms with Crippen LogP contribution in [-0.4, -0.2) is 47.9 Å². The molecule has 0 bridgehead atoms. The van der Waals surface area contributed by atoms with Gasteiger partial charge in [0.25, 0.3) is 5.56 Å². The summed E-state index contributed by atoms with van der Waals surface area (Å²) in [6.45, 7) is 6.93. The summed E-state index contributed by atoms with van der Waals surface area (Å²) in [5.41, 5.74) is 3.91. The first-order chi connectivity index (χ1) is 18.9. The summed E-state index contributed by atoms with van der Waals surface area (Å²) in [6, 6.07) is 19.7. The maximum Gasteiger partial charge on any atom is 0.322 e. The summed E-state index contributed by atoms with van der Waals surface area (Å²) in [7, 11) is 3.24. The SMILES string of the molecule is CCC(c1nc2ccccc2c(=O)n1-c1ccc(OC)cc1)N(CCCOC)C(=O)Nc1cccc(C)c1C. The number of carbonyl (C=O) groups is 1. The number of methoxy groups -OCH3 is 2. The van der Waals surface area contributed by atoms with Gasteiger partial charge < -0.3 is 19.7 Å². The number of urea groups is 1. The van der Waals surface area contributed by atoms with E-state index in [-0.39, 0.29) is 11.6 Å². The lowest BCUT2D eigenvalue weighted by Crippen LogP contribution is -2.41. The number of hydrogen-bond acceptors (Lipinski definition) is 5. The predicted molar refractivity (Wildman–Crippen MR) is 155 cm³/mol. The fourth-order valence-corrected chi connectivity index (χ4v) is 4.75. The van der Waals surface area contributed by atoms with Gasteiger partial charge in [0.2, 0.25) is 0 Å². The number of nitrogens with zero attached hydrogens (tertiary/aromatic N) is 3. The van der Waals surface area contributed by atoms with Crippen LogP contribution in [0.15, 0.2) is 71.5 Å². The fraction of sp³-hybridized carbons (Fsp3) is 0.323. The number of fused-ring (bicyclic) bond motifs is 1. The zero-order chi connectivity index (χ0) is 27.9. The number of ether oxygens (including phenoxy) is 2. The minimum absolute atomic E-state index is 0.189. The Morgan fingerprint density at radius 2 is 1.77 bits per heavy atom. The second-order valence-corrected chi connectivity index (χ2v) is 9.47. The highest BCUT2D eigenvalue weighted by atomic mass is 16.5. The Hall–Kier alpha value is -4.17. The number of nitrogens with one attached hydrogen (secondary N) is 1. The van der Waals surface area contributed by atoms with Crippen molar-refractivity contribution in [1.29, 1.82) is 0 Å². The van der Waals surface area contributed by atoms with Gasteiger partial charge in [0.15, 0.2) is 0 Å². The van der Waals surface area contributed by atoms with Crippen LogP contribution in [0.5, 0.6) is 5.75 Å². The van der Waals surface area contributed by atoms with Gasteiger partial charge in [-0.15, -0.1) is 0 Å². The predicted octanol–water partition coefficient (Wildman–Crippen LogP) is 6.03. The van der Waals surface area contributed by atoms with E-state index in [9.17, 15) is 9.59 Å². The molecule has 0 saturated carbocycles. The molecule has 1 aromatic heterocycles. The zero-order valence-electron chi connectivity index (χ0n) is 23.2. The normalized spacial score (nSPS) is 11.8. The summed E-state index contributed by atoms with van der Waals surface area (Å²) in [4.78, 5) is 34.5. The highest BCUT2D eigenvalue weighted by molar-refractivity contribution is 5.90. The summed E-state index contributed by atoms with van der Waals surface area (Å²) >= 11 is 0. The Kier molecular flexibility index (Phi) is 8.99. The standard InChI is InChI=1S/C31H36N4O4/c1-6-28(34(19-10-20-38-4)31(37)33-26-14-9-11-21(2)22(26)3)29-32-27-13-8-7-12-25(27)30(36)35(29)23-15-17-24(39-5)18-16-23/h7-9,11-18,28H,6,10,19-20H2,1-5H3,(H,33,37). The molecule has 39 heavy (non-hydrogen) atoms. The minimum Gasteiger partial charge on any atom is -0.497 e. The van der Waals surface area contributed by atoms with E-state index in [0.29, 0.717) is 54.2 Å². The molecule has 1 atom stereocenters. The third-order valence-electron chi connectivity index (χ3n) is 7.05. The van der Waals surface area contributed by atoms with Crippen LogP contribution >= 0.6 is 0 Å². The number of para-hydroxylation sites is 1. The van der Waals surface area contributed by atoms with E-state index in [1.165, 1.54) is 0 Å². The fourth-order valence-electron chi connectivity index (χ4n) is 4.75. The number of aromatic nitrogens is 2. The van der Waals surface area contributed by atoms with Gasteiger partial charge in [-0.25, -0.2) is 9.78 Å². The van der Waals surface area contributed by atoms with Gasteiger partial charge >= 0.3 is 6.03 Å². The molecule has 1 N–H and O–H groups in total. The molecule has 0 spiro atoms. The van der Waals surface area contributed by atoms with Crippen molar-refractivity contribution in [3.63, 3.8) is 0 Å². The van der Waals surface area contributed by atoms with E-state index >= 15 is 0 Å². The monoisotopic (exact) mass is 528 g/mol. The number of benzene rings is 3.